The molecule has 0 saturated carbocycles. The molecule has 2 rings (SSSR count). The third kappa shape index (κ3) is 3.04. The first kappa shape index (κ1) is 13.8. The van der Waals surface area contributed by atoms with Crippen LogP contribution in [0, 0.1) is 11.7 Å². The zero-order valence-corrected chi connectivity index (χ0v) is 10.9. The molecule has 0 aromatic heterocycles. The summed E-state index contributed by atoms with van der Waals surface area (Å²) < 4.78 is 23.8. The van der Waals surface area contributed by atoms with E-state index >= 15 is 0 Å². The molecule has 0 atom stereocenters. The highest BCUT2D eigenvalue weighted by atomic mass is 19.1. The number of halogens is 1. The summed E-state index contributed by atoms with van der Waals surface area (Å²) in [5.74, 6) is -0.892. The van der Waals surface area contributed by atoms with E-state index in [1.165, 1.54) is 19.2 Å². The molecule has 1 heterocycles. The number of carbonyl (C=O) groups is 1. The largest absolute Gasteiger partial charge is 0.465 e. The second kappa shape index (κ2) is 6.02. The Hall–Kier alpha value is -1.62. The van der Waals surface area contributed by atoms with E-state index in [4.69, 9.17) is 10.5 Å². The molecule has 2 N–H and O–H groups in total. The van der Waals surface area contributed by atoms with Crippen LogP contribution in [-0.2, 0) is 15.9 Å². The molecule has 0 radical (unpaired) electrons. The van der Waals surface area contributed by atoms with Gasteiger partial charge < -0.3 is 15.2 Å². The fourth-order valence-electron chi connectivity index (χ4n) is 2.42. The Morgan fingerprint density at radius 1 is 1.47 bits per heavy atom. The van der Waals surface area contributed by atoms with Gasteiger partial charge in [0.15, 0.2) is 0 Å². The molecule has 4 nitrogen and oxygen atoms in total. The summed E-state index contributed by atoms with van der Waals surface area (Å²) in [4.78, 5) is 11.7. The molecule has 1 fully saturated rings. The molecule has 0 unspecified atom stereocenters. The van der Waals surface area contributed by atoms with Gasteiger partial charge in [-0.05, 0) is 42.9 Å². The Balaban J connectivity index is 2.31. The minimum absolute atomic E-state index is 0.0333. The number of ether oxygens (including phenoxy) is 2. The monoisotopic (exact) mass is 267 g/mol. The first-order valence-electron chi connectivity index (χ1n) is 6.36. The van der Waals surface area contributed by atoms with Crippen molar-refractivity contribution in [1.82, 2.24) is 0 Å². The van der Waals surface area contributed by atoms with Gasteiger partial charge in [-0.15, -0.1) is 0 Å². The average Bonchev–Trinajstić information content (AvgIpc) is 2.43. The van der Waals surface area contributed by atoms with Crippen molar-refractivity contribution < 1.29 is 18.7 Å². The van der Waals surface area contributed by atoms with Crippen LogP contribution in [0.4, 0.5) is 10.1 Å². The maximum atomic E-state index is 13.8. The molecule has 0 bridgehead atoms. The second-order valence-corrected chi connectivity index (χ2v) is 4.74. The molecular formula is C14H18FNO3. The summed E-state index contributed by atoms with van der Waals surface area (Å²) in [6, 6.07) is 2.70. The topological polar surface area (TPSA) is 61.5 Å². The van der Waals surface area contributed by atoms with Crippen LogP contribution < -0.4 is 5.73 Å². The molecule has 0 spiro atoms. The molecule has 1 saturated heterocycles. The zero-order valence-electron chi connectivity index (χ0n) is 10.9. The lowest BCUT2D eigenvalue weighted by Crippen LogP contribution is -2.20. The lowest BCUT2D eigenvalue weighted by molar-refractivity contribution is 0.0588. The molecule has 0 aliphatic carbocycles. The van der Waals surface area contributed by atoms with Crippen molar-refractivity contribution in [2.45, 2.75) is 19.3 Å². The maximum Gasteiger partial charge on any atom is 0.341 e. The summed E-state index contributed by atoms with van der Waals surface area (Å²) in [7, 11) is 1.24. The van der Waals surface area contributed by atoms with Gasteiger partial charge in [-0.3, -0.25) is 0 Å². The van der Waals surface area contributed by atoms with Crippen molar-refractivity contribution in [3.05, 3.63) is 29.1 Å². The van der Waals surface area contributed by atoms with Gasteiger partial charge in [-0.1, -0.05) is 0 Å². The molecule has 1 aromatic rings. The number of rotatable bonds is 3. The van der Waals surface area contributed by atoms with Gasteiger partial charge in [0.2, 0.25) is 0 Å². The van der Waals surface area contributed by atoms with Crippen LogP contribution in [0.25, 0.3) is 0 Å². The summed E-state index contributed by atoms with van der Waals surface area (Å²) in [5.41, 5.74) is 6.85. The number of hydrogen-bond acceptors (Lipinski definition) is 4. The fraction of sp³-hybridized carbons (Fsp3) is 0.500. The van der Waals surface area contributed by atoms with Crippen LogP contribution in [0.5, 0.6) is 0 Å². The number of anilines is 1. The number of benzene rings is 1. The van der Waals surface area contributed by atoms with E-state index in [1.54, 1.807) is 0 Å². The van der Waals surface area contributed by atoms with Crippen molar-refractivity contribution in [3.8, 4) is 0 Å². The summed E-state index contributed by atoms with van der Waals surface area (Å²) in [5, 5.41) is 0. The fourth-order valence-corrected chi connectivity index (χ4v) is 2.42. The Morgan fingerprint density at radius 3 is 2.79 bits per heavy atom. The van der Waals surface area contributed by atoms with E-state index in [0.717, 1.165) is 12.8 Å². The molecular weight excluding hydrogens is 249 g/mol. The Kier molecular flexibility index (Phi) is 4.37. The Morgan fingerprint density at radius 2 is 2.16 bits per heavy atom. The van der Waals surface area contributed by atoms with Crippen molar-refractivity contribution in [2.75, 3.05) is 26.1 Å². The van der Waals surface area contributed by atoms with E-state index in [0.29, 0.717) is 36.8 Å². The third-order valence-electron chi connectivity index (χ3n) is 3.52. The molecule has 1 aliphatic heterocycles. The van der Waals surface area contributed by atoms with Crippen LogP contribution in [0.1, 0.15) is 28.8 Å². The molecule has 5 heteroatoms. The molecule has 1 aromatic carbocycles. The smallest absolute Gasteiger partial charge is 0.341 e. The predicted octanol–water partition coefficient (Wildman–Crippen LogP) is 2.16. The molecule has 19 heavy (non-hydrogen) atoms. The average molecular weight is 267 g/mol. The minimum Gasteiger partial charge on any atom is -0.465 e. The lowest BCUT2D eigenvalue weighted by Gasteiger charge is -2.23. The van der Waals surface area contributed by atoms with Crippen molar-refractivity contribution >= 4 is 11.7 Å². The van der Waals surface area contributed by atoms with Crippen LogP contribution >= 0.6 is 0 Å². The first-order valence-corrected chi connectivity index (χ1v) is 6.36. The van der Waals surface area contributed by atoms with Gasteiger partial charge in [0.1, 0.15) is 11.4 Å². The highest BCUT2D eigenvalue weighted by Crippen LogP contribution is 2.28. The van der Waals surface area contributed by atoms with Gasteiger partial charge in [-0.25, -0.2) is 9.18 Å². The number of nitrogen functional groups attached to an aromatic ring is 1. The highest BCUT2D eigenvalue weighted by Gasteiger charge is 2.23. The van der Waals surface area contributed by atoms with Crippen LogP contribution in [-0.4, -0.2) is 26.3 Å². The number of carbonyl (C=O) groups excluding carboxylic acids is 1. The van der Waals surface area contributed by atoms with Gasteiger partial charge in [0.25, 0.3) is 0 Å². The van der Waals surface area contributed by atoms with E-state index < -0.39 is 11.8 Å². The minimum atomic E-state index is -0.674. The Labute approximate surface area is 111 Å². The third-order valence-corrected chi connectivity index (χ3v) is 3.52. The highest BCUT2D eigenvalue weighted by molar-refractivity contribution is 5.93. The first-order chi connectivity index (χ1) is 9.13. The summed E-state index contributed by atoms with van der Waals surface area (Å²) in [6.45, 7) is 1.40. The second-order valence-electron chi connectivity index (χ2n) is 4.74. The van der Waals surface area contributed by atoms with Crippen molar-refractivity contribution in [2.24, 2.45) is 5.92 Å². The maximum absolute atomic E-state index is 13.8. The van der Waals surface area contributed by atoms with Gasteiger partial charge in [0.05, 0.1) is 7.11 Å². The zero-order chi connectivity index (χ0) is 13.8. The Bertz CT molecular complexity index is 470. The van der Waals surface area contributed by atoms with Crippen molar-refractivity contribution in [1.29, 1.82) is 0 Å². The normalized spacial score (nSPS) is 16.3. The summed E-state index contributed by atoms with van der Waals surface area (Å²) >= 11 is 0. The lowest BCUT2D eigenvalue weighted by atomic mass is 9.89. The predicted molar refractivity (Wildman–Crippen MR) is 69.4 cm³/mol. The van der Waals surface area contributed by atoms with E-state index in [2.05, 4.69) is 4.74 Å². The number of esters is 1. The molecule has 1 aliphatic rings. The van der Waals surface area contributed by atoms with Crippen molar-refractivity contribution in [3.63, 3.8) is 0 Å². The van der Waals surface area contributed by atoms with Crippen LogP contribution in [0.2, 0.25) is 0 Å². The molecule has 104 valence electrons. The number of nitrogens with two attached hydrogens (primary N) is 1. The van der Waals surface area contributed by atoms with Gasteiger partial charge in [-0.2, -0.15) is 0 Å². The van der Waals surface area contributed by atoms with E-state index in [1.807, 2.05) is 0 Å². The number of hydrogen-bond donors (Lipinski definition) is 1. The van der Waals surface area contributed by atoms with E-state index in [-0.39, 0.29) is 5.56 Å². The quantitative estimate of drug-likeness (QED) is 0.673. The standard InChI is InChI=1S/C14H18FNO3/c1-18-14(17)13-10(12(16)3-2-11(13)15)8-9-4-6-19-7-5-9/h2-3,9H,4-8,16H2,1H3. The molecule has 0 amide bonds. The number of methoxy groups -OCH3 is 1. The van der Waals surface area contributed by atoms with Crippen LogP contribution in [0.3, 0.4) is 0 Å². The van der Waals surface area contributed by atoms with Crippen LogP contribution in [0.15, 0.2) is 12.1 Å². The van der Waals surface area contributed by atoms with Gasteiger partial charge >= 0.3 is 5.97 Å². The van der Waals surface area contributed by atoms with E-state index in [9.17, 15) is 9.18 Å². The summed E-state index contributed by atoms with van der Waals surface area (Å²) in [6.07, 6.45) is 2.38. The van der Waals surface area contributed by atoms with Gasteiger partial charge in [0, 0.05) is 18.9 Å². The SMILES string of the molecule is COC(=O)c1c(F)ccc(N)c1CC1CCOCC1.